The summed E-state index contributed by atoms with van der Waals surface area (Å²) in [5.74, 6) is 2.24. The molecule has 1 unspecified atom stereocenters. The highest BCUT2D eigenvalue weighted by Crippen LogP contribution is 2.22. The molecule has 0 bridgehead atoms. The van der Waals surface area contributed by atoms with Crippen LogP contribution in [0.3, 0.4) is 0 Å². The van der Waals surface area contributed by atoms with Gasteiger partial charge in [0.05, 0.1) is 25.1 Å². The Morgan fingerprint density at radius 1 is 0.821 bits per heavy atom. The van der Waals surface area contributed by atoms with Crippen LogP contribution in [0.15, 0.2) is 42.6 Å². The summed E-state index contributed by atoms with van der Waals surface area (Å²) in [5.41, 5.74) is 1.99. The van der Waals surface area contributed by atoms with E-state index in [2.05, 4.69) is 25.8 Å². The Bertz CT molecular complexity index is 640. The summed E-state index contributed by atoms with van der Waals surface area (Å²) in [7, 11) is 0. The zero-order chi connectivity index (χ0) is 20.0. The maximum atomic E-state index is 5.81. The van der Waals surface area contributed by atoms with Crippen LogP contribution < -0.4 is 9.47 Å². The number of hydrogen-bond donors (Lipinski definition) is 0. The number of pyridine rings is 1. The molecule has 4 heteroatoms. The quantitative estimate of drug-likeness (QED) is 0.366. The molecule has 154 valence electrons. The van der Waals surface area contributed by atoms with Gasteiger partial charge in [0.25, 0.3) is 0 Å². The number of nitrogens with zero attached hydrogens (tertiary/aromatic N) is 1. The second kappa shape index (κ2) is 13.2. The SMILES string of the molecule is CCCCCCOCCOc1ccc(-c2ccc(OCC(C)CC)cc2)nc1. The number of aromatic nitrogens is 1. The Kier molecular flexibility index (Phi) is 10.4. The highest BCUT2D eigenvalue weighted by Gasteiger charge is 2.03. The van der Waals surface area contributed by atoms with E-state index in [0.717, 1.165) is 48.8 Å². The normalized spacial score (nSPS) is 12.0. The first-order chi connectivity index (χ1) is 13.7. The van der Waals surface area contributed by atoms with Crippen LogP contribution in [-0.4, -0.2) is 31.4 Å². The van der Waals surface area contributed by atoms with Gasteiger partial charge in [0, 0.05) is 12.2 Å². The van der Waals surface area contributed by atoms with Crippen molar-refractivity contribution in [2.45, 2.75) is 52.9 Å². The van der Waals surface area contributed by atoms with Gasteiger partial charge in [-0.1, -0.05) is 46.5 Å². The lowest BCUT2D eigenvalue weighted by molar-refractivity contribution is 0.0970. The summed E-state index contributed by atoms with van der Waals surface area (Å²) in [6.45, 7) is 9.33. The first-order valence-corrected chi connectivity index (χ1v) is 10.6. The van der Waals surface area contributed by atoms with E-state index in [9.17, 15) is 0 Å². The van der Waals surface area contributed by atoms with Crippen LogP contribution >= 0.6 is 0 Å². The number of unbranched alkanes of at least 4 members (excludes halogenated alkanes) is 3. The number of benzene rings is 1. The van der Waals surface area contributed by atoms with Gasteiger partial charge in [-0.05, 0) is 48.7 Å². The van der Waals surface area contributed by atoms with E-state index >= 15 is 0 Å². The topological polar surface area (TPSA) is 40.6 Å². The van der Waals surface area contributed by atoms with E-state index < -0.39 is 0 Å². The van der Waals surface area contributed by atoms with Crippen molar-refractivity contribution in [3.63, 3.8) is 0 Å². The van der Waals surface area contributed by atoms with Gasteiger partial charge in [0.2, 0.25) is 0 Å². The van der Waals surface area contributed by atoms with Gasteiger partial charge in [-0.2, -0.15) is 0 Å². The maximum Gasteiger partial charge on any atom is 0.137 e. The molecule has 0 saturated heterocycles. The Morgan fingerprint density at radius 3 is 2.29 bits per heavy atom. The largest absolute Gasteiger partial charge is 0.493 e. The molecule has 0 radical (unpaired) electrons. The lowest BCUT2D eigenvalue weighted by Crippen LogP contribution is -2.07. The Morgan fingerprint density at radius 2 is 1.61 bits per heavy atom. The first-order valence-electron chi connectivity index (χ1n) is 10.6. The first kappa shape index (κ1) is 22.2. The monoisotopic (exact) mass is 385 g/mol. The fourth-order valence-electron chi connectivity index (χ4n) is 2.67. The third-order valence-corrected chi connectivity index (χ3v) is 4.76. The second-order valence-corrected chi connectivity index (χ2v) is 7.25. The minimum absolute atomic E-state index is 0.553. The van der Waals surface area contributed by atoms with E-state index in [0.29, 0.717) is 19.1 Å². The molecule has 0 spiro atoms. The third kappa shape index (κ3) is 8.30. The van der Waals surface area contributed by atoms with Crippen molar-refractivity contribution >= 4 is 0 Å². The van der Waals surface area contributed by atoms with E-state index in [-0.39, 0.29) is 0 Å². The predicted octanol–water partition coefficient (Wildman–Crippen LogP) is 6.15. The zero-order valence-electron chi connectivity index (χ0n) is 17.7. The summed E-state index contributed by atoms with van der Waals surface area (Å²) < 4.78 is 17.1. The highest BCUT2D eigenvalue weighted by atomic mass is 16.5. The molecule has 2 aromatic rings. The average Bonchev–Trinajstić information content (AvgIpc) is 2.74. The van der Waals surface area contributed by atoms with Crippen molar-refractivity contribution in [3.8, 4) is 22.8 Å². The molecular weight excluding hydrogens is 350 g/mol. The van der Waals surface area contributed by atoms with E-state index in [1.807, 2.05) is 36.4 Å². The molecule has 0 N–H and O–H groups in total. The van der Waals surface area contributed by atoms with Crippen molar-refractivity contribution in [2.24, 2.45) is 5.92 Å². The van der Waals surface area contributed by atoms with Gasteiger partial charge in [-0.3, -0.25) is 4.98 Å². The molecule has 0 amide bonds. The Balaban J connectivity index is 1.71. The Hall–Kier alpha value is -2.07. The number of rotatable bonds is 14. The minimum Gasteiger partial charge on any atom is -0.493 e. The van der Waals surface area contributed by atoms with E-state index in [4.69, 9.17) is 14.2 Å². The maximum absolute atomic E-state index is 5.81. The summed E-state index contributed by atoms with van der Waals surface area (Å²) in [4.78, 5) is 4.51. The molecular formula is C24H35NO3. The molecule has 2 rings (SSSR count). The van der Waals surface area contributed by atoms with Crippen LogP contribution in [0.4, 0.5) is 0 Å². The number of hydrogen-bond acceptors (Lipinski definition) is 4. The van der Waals surface area contributed by atoms with Crippen molar-refractivity contribution < 1.29 is 14.2 Å². The smallest absolute Gasteiger partial charge is 0.137 e. The van der Waals surface area contributed by atoms with Crippen LogP contribution in [0.2, 0.25) is 0 Å². The van der Waals surface area contributed by atoms with Gasteiger partial charge >= 0.3 is 0 Å². The van der Waals surface area contributed by atoms with Crippen LogP contribution in [0, 0.1) is 5.92 Å². The summed E-state index contributed by atoms with van der Waals surface area (Å²) >= 11 is 0. The lowest BCUT2D eigenvalue weighted by atomic mass is 10.1. The fourth-order valence-corrected chi connectivity index (χ4v) is 2.67. The molecule has 1 aromatic heterocycles. The molecule has 0 saturated carbocycles. The van der Waals surface area contributed by atoms with Gasteiger partial charge in [0.1, 0.15) is 18.1 Å². The molecule has 0 aliphatic carbocycles. The van der Waals surface area contributed by atoms with Gasteiger partial charge in [-0.15, -0.1) is 0 Å². The van der Waals surface area contributed by atoms with E-state index in [1.165, 1.54) is 19.3 Å². The van der Waals surface area contributed by atoms with Crippen molar-refractivity contribution in [2.75, 3.05) is 26.4 Å². The van der Waals surface area contributed by atoms with Crippen LogP contribution in [-0.2, 0) is 4.74 Å². The van der Waals surface area contributed by atoms with E-state index in [1.54, 1.807) is 6.20 Å². The minimum atomic E-state index is 0.553. The highest BCUT2D eigenvalue weighted by molar-refractivity contribution is 5.60. The molecule has 0 aliphatic heterocycles. The average molecular weight is 386 g/mol. The summed E-state index contributed by atoms with van der Waals surface area (Å²) in [6, 6.07) is 12.0. The van der Waals surface area contributed by atoms with Crippen molar-refractivity contribution in [1.29, 1.82) is 0 Å². The standard InChI is InChI=1S/C24H35NO3/c1-4-6-7-8-15-26-16-17-27-23-13-14-24(25-18-23)21-9-11-22(12-10-21)28-19-20(3)5-2/h9-14,18,20H,4-8,15-17,19H2,1-3H3. The molecule has 1 atom stereocenters. The van der Waals surface area contributed by atoms with Crippen LogP contribution in [0.25, 0.3) is 11.3 Å². The second-order valence-electron chi connectivity index (χ2n) is 7.25. The van der Waals surface area contributed by atoms with Crippen LogP contribution in [0.5, 0.6) is 11.5 Å². The van der Waals surface area contributed by atoms with Crippen molar-refractivity contribution in [1.82, 2.24) is 4.98 Å². The summed E-state index contributed by atoms with van der Waals surface area (Å²) in [5, 5.41) is 0. The molecule has 28 heavy (non-hydrogen) atoms. The van der Waals surface area contributed by atoms with Crippen molar-refractivity contribution in [3.05, 3.63) is 42.6 Å². The summed E-state index contributed by atoms with van der Waals surface area (Å²) in [6.07, 6.45) is 7.80. The fraction of sp³-hybridized carbons (Fsp3) is 0.542. The van der Waals surface area contributed by atoms with Gasteiger partial charge < -0.3 is 14.2 Å². The number of ether oxygens (including phenoxy) is 3. The molecule has 4 nitrogen and oxygen atoms in total. The van der Waals surface area contributed by atoms with Gasteiger partial charge in [0.15, 0.2) is 0 Å². The van der Waals surface area contributed by atoms with Crippen LogP contribution in [0.1, 0.15) is 52.9 Å². The molecule has 0 aliphatic rings. The lowest BCUT2D eigenvalue weighted by Gasteiger charge is -2.11. The third-order valence-electron chi connectivity index (χ3n) is 4.76. The zero-order valence-corrected chi connectivity index (χ0v) is 17.7. The molecule has 0 fully saturated rings. The van der Waals surface area contributed by atoms with Gasteiger partial charge in [-0.25, -0.2) is 0 Å². The molecule has 1 heterocycles. The predicted molar refractivity (Wildman–Crippen MR) is 115 cm³/mol. The Labute approximate surface area is 170 Å². The molecule has 1 aromatic carbocycles.